The maximum atomic E-state index is 12.7. The summed E-state index contributed by atoms with van der Waals surface area (Å²) in [5.41, 5.74) is 2.73. The lowest BCUT2D eigenvalue weighted by molar-refractivity contribution is 0.0514. The van der Waals surface area contributed by atoms with Crippen LogP contribution in [0.15, 0.2) is 60.9 Å². The first-order valence-electron chi connectivity index (χ1n) is 9.58. The van der Waals surface area contributed by atoms with E-state index in [0.717, 1.165) is 16.5 Å². The van der Waals surface area contributed by atoms with Crippen LogP contribution in [0.25, 0.3) is 10.2 Å². The number of hydrogen-bond donors (Lipinski definition) is 2. The Morgan fingerprint density at radius 1 is 1.06 bits per heavy atom. The molecule has 0 saturated carbocycles. The summed E-state index contributed by atoms with van der Waals surface area (Å²) in [4.78, 5) is 33.5. The van der Waals surface area contributed by atoms with Gasteiger partial charge in [-0.1, -0.05) is 30.3 Å². The molecule has 2 aromatic carbocycles. The smallest absolute Gasteiger partial charge is 0.348 e. The summed E-state index contributed by atoms with van der Waals surface area (Å²) in [6.07, 6.45) is 2.08. The first-order valence-corrected chi connectivity index (χ1v) is 10.4. The third-order valence-corrected chi connectivity index (χ3v) is 5.95. The highest BCUT2D eigenvalue weighted by Gasteiger charge is 2.20. The van der Waals surface area contributed by atoms with E-state index in [1.165, 1.54) is 29.8 Å². The highest BCUT2D eigenvalue weighted by molar-refractivity contribution is 7.20. The number of rotatable bonds is 7. The number of esters is 1. The summed E-state index contributed by atoms with van der Waals surface area (Å²) in [5, 5.41) is 13.0. The first-order chi connectivity index (χ1) is 15.0. The van der Waals surface area contributed by atoms with E-state index in [2.05, 4.69) is 15.3 Å². The van der Waals surface area contributed by atoms with Gasteiger partial charge in [0.25, 0.3) is 0 Å². The van der Waals surface area contributed by atoms with Crippen molar-refractivity contribution >= 4 is 45.0 Å². The standard InChI is InChI=1S/C23H19N3O4S/c1-14-18-20(26-17-9-7-16(8-10-17)22(27)28)24-13-25-21(18)31-19(14)23(29)30-12-11-15-5-3-2-4-6-15/h2-10,13H,11-12H2,1H3,(H,27,28)(H,24,25,26). The van der Waals surface area contributed by atoms with Gasteiger partial charge in [0.1, 0.15) is 21.9 Å². The van der Waals surface area contributed by atoms with E-state index in [9.17, 15) is 9.59 Å². The number of aromatic carboxylic acids is 1. The molecule has 0 aliphatic heterocycles. The number of carbonyl (C=O) groups is 2. The molecular weight excluding hydrogens is 414 g/mol. The number of carbonyl (C=O) groups excluding carboxylic acids is 1. The number of aromatic nitrogens is 2. The van der Waals surface area contributed by atoms with E-state index in [4.69, 9.17) is 9.84 Å². The normalized spacial score (nSPS) is 10.7. The van der Waals surface area contributed by atoms with Crippen molar-refractivity contribution in [3.63, 3.8) is 0 Å². The van der Waals surface area contributed by atoms with Gasteiger partial charge in [0.05, 0.1) is 17.6 Å². The Balaban J connectivity index is 1.53. The molecule has 156 valence electrons. The number of thiophene rings is 1. The summed E-state index contributed by atoms with van der Waals surface area (Å²) in [6, 6.07) is 16.2. The second kappa shape index (κ2) is 8.93. The molecule has 0 bridgehead atoms. The molecule has 0 unspecified atom stereocenters. The molecular formula is C23H19N3O4S. The van der Waals surface area contributed by atoms with Crippen molar-refractivity contribution in [2.45, 2.75) is 13.3 Å². The minimum absolute atomic E-state index is 0.200. The number of aryl methyl sites for hydroxylation is 1. The predicted molar refractivity (Wildman–Crippen MR) is 119 cm³/mol. The fourth-order valence-electron chi connectivity index (χ4n) is 3.17. The van der Waals surface area contributed by atoms with Crippen LogP contribution in [0.4, 0.5) is 11.5 Å². The molecule has 0 amide bonds. The molecule has 0 aliphatic carbocycles. The van der Waals surface area contributed by atoms with Gasteiger partial charge in [0.15, 0.2) is 0 Å². The summed E-state index contributed by atoms with van der Waals surface area (Å²) in [7, 11) is 0. The van der Waals surface area contributed by atoms with E-state index < -0.39 is 5.97 Å². The molecule has 2 heterocycles. The largest absolute Gasteiger partial charge is 0.478 e. The van der Waals surface area contributed by atoms with Crippen molar-refractivity contribution in [2.24, 2.45) is 0 Å². The number of nitrogens with one attached hydrogen (secondary N) is 1. The van der Waals surface area contributed by atoms with Crippen LogP contribution < -0.4 is 5.32 Å². The van der Waals surface area contributed by atoms with Gasteiger partial charge in [-0.3, -0.25) is 0 Å². The van der Waals surface area contributed by atoms with Gasteiger partial charge in [0.2, 0.25) is 0 Å². The lowest BCUT2D eigenvalue weighted by Crippen LogP contribution is -2.07. The van der Waals surface area contributed by atoms with Crippen LogP contribution >= 0.6 is 11.3 Å². The average Bonchev–Trinajstić information content (AvgIpc) is 3.12. The molecule has 2 N–H and O–H groups in total. The first kappa shape index (κ1) is 20.5. The van der Waals surface area contributed by atoms with E-state index in [0.29, 0.717) is 34.2 Å². The van der Waals surface area contributed by atoms with Gasteiger partial charge < -0.3 is 15.2 Å². The van der Waals surface area contributed by atoms with Crippen molar-refractivity contribution < 1.29 is 19.4 Å². The second-order valence-electron chi connectivity index (χ2n) is 6.84. The summed E-state index contributed by atoms with van der Waals surface area (Å²) in [5.74, 6) is -0.821. The zero-order chi connectivity index (χ0) is 21.8. The van der Waals surface area contributed by atoms with Crippen molar-refractivity contribution in [1.82, 2.24) is 9.97 Å². The molecule has 4 rings (SSSR count). The van der Waals surface area contributed by atoms with Crippen LogP contribution in [-0.4, -0.2) is 33.6 Å². The lowest BCUT2D eigenvalue weighted by atomic mass is 10.1. The third-order valence-electron chi connectivity index (χ3n) is 4.77. The lowest BCUT2D eigenvalue weighted by Gasteiger charge is -2.08. The molecule has 31 heavy (non-hydrogen) atoms. The molecule has 0 saturated heterocycles. The molecule has 0 aliphatic rings. The number of carboxylic acids is 1. The van der Waals surface area contributed by atoms with E-state index in [1.54, 1.807) is 12.1 Å². The molecule has 8 heteroatoms. The minimum atomic E-state index is -0.986. The Kier molecular flexibility index (Phi) is 5.90. The van der Waals surface area contributed by atoms with Gasteiger partial charge >= 0.3 is 11.9 Å². The fourth-order valence-corrected chi connectivity index (χ4v) is 4.21. The topological polar surface area (TPSA) is 101 Å². The van der Waals surface area contributed by atoms with Crippen molar-refractivity contribution in [3.8, 4) is 0 Å². The molecule has 0 fully saturated rings. The van der Waals surface area contributed by atoms with Gasteiger partial charge in [-0.15, -0.1) is 11.3 Å². The van der Waals surface area contributed by atoms with Gasteiger partial charge in [0, 0.05) is 12.1 Å². The highest BCUT2D eigenvalue weighted by atomic mass is 32.1. The predicted octanol–water partition coefficient (Wildman–Crippen LogP) is 4.84. The van der Waals surface area contributed by atoms with Crippen LogP contribution in [0.5, 0.6) is 0 Å². The third kappa shape index (κ3) is 4.54. The zero-order valence-electron chi connectivity index (χ0n) is 16.7. The maximum Gasteiger partial charge on any atom is 0.348 e. The van der Waals surface area contributed by atoms with Gasteiger partial charge in [-0.25, -0.2) is 19.6 Å². The molecule has 0 atom stereocenters. The van der Waals surface area contributed by atoms with Crippen molar-refractivity contribution in [3.05, 3.63) is 82.5 Å². The monoisotopic (exact) mass is 433 g/mol. The van der Waals surface area contributed by atoms with E-state index in [-0.39, 0.29) is 11.5 Å². The summed E-state index contributed by atoms with van der Waals surface area (Å²) >= 11 is 1.27. The van der Waals surface area contributed by atoms with Crippen LogP contribution in [0.2, 0.25) is 0 Å². The number of benzene rings is 2. The Morgan fingerprint density at radius 3 is 2.52 bits per heavy atom. The number of carboxylic acid groups (broad SMARTS) is 1. The zero-order valence-corrected chi connectivity index (χ0v) is 17.5. The van der Waals surface area contributed by atoms with Gasteiger partial charge in [-0.2, -0.15) is 0 Å². The Bertz CT molecular complexity index is 1240. The minimum Gasteiger partial charge on any atom is -0.478 e. The van der Waals surface area contributed by atoms with Crippen molar-refractivity contribution in [1.29, 1.82) is 0 Å². The Hall–Kier alpha value is -3.78. The van der Waals surface area contributed by atoms with Gasteiger partial charge in [-0.05, 0) is 42.3 Å². The average molecular weight is 433 g/mol. The van der Waals surface area contributed by atoms with E-state index in [1.807, 2.05) is 37.3 Å². The number of fused-ring (bicyclic) bond motifs is 1. The van der Waals surface area contributed by atoms with Crippen LogP contribution in [-0.2, 0) is 11.2 Å². The Labute approximate surface area is 182 Å². The fraction of sp³-hybridized carbons (Fsp3) is 0.130. The maximum absolute atomic E-state index is 12.7. The van der Waals surface area contributed by atoms with Crippen LogP contribution in [0.1, 0.15) is 31.2 Å². The summed E-state index contributed by atoms with van der Waals surface area (Å²) < 4.78 is 5.48. The van der Waals surface area contributed by atoms with Crippen LogP contribution in [0.3, 0.4) is 0 Å². The molecule has 0 radical (unpaired) electrons. The van der Waals surface area contributed by atoms with Crippen LogP contribution in [0, 0.1) is 6.92 Å². The number of ether oxygens (including phenoxy) is 1. The van der Waals surface area contributed by atoms with E-state index >= 15 is 0 Å². The SMILES string of the molecule is Cc1c(C(=O)OCCc2ccccc2)sc2ncnc(Nc3ccc(C(=O)O)cc3)c12. The second-order valence-corrected chi connectivity index (χ2v) is 7.84. The molecule has 4 aromatic rings. The Morgan fingerprint density at radius 2 is 1.81 bits per heavy atom. The molecule has 7 nitrogen and oxygen atoms in total. The van der Waals surface area contributed by atoms with Crippen molar-refractivity contribution in [2.75, 3.05) is 11.9 Å². The highest BCUT2D eigenvalue weighted by Crippen LogP contribution is 2.34. The molecule has 2 aromatic heterocycles. The molecule has 0 spiro atoms. The number of nitrogens with zero attached hydrogens (tertiary/aromatic N) is 2. The summed E-state index contributed by atoms with van der Waals surface area (Å²) in [6.45, 7) is 2.14. The number of hydrogen-bond acceptors (Lipinski definition) is 7. The number of anilines is 2. The quantitative estimate of drug-likeness (QED) is 0.402.